The molecule has 0 radical (unpaired) electrons. The molecule has 1 fully saturated rings. The van der Waals surface area contributed by atoms with E-state index >= 15 is 0 Å². The minimum Gasteiger partial charge on any atom is -0.384 e. The zero-order valence-electron chi connectivity index (χ0n) is 11.5. The third kappa shape index (κ3) is 4.21. The number of aromatic nitrogens is 1. The third-order valence-corrected chi connectivity index (χ3v) is 3.19. The summed E-state index contributed by atoms with van der Waals surface area (Å²) in [5, 5.41) is 5.22. The summed E-state index contributed by atoms with van der Waals surface area (Å²) < 4.78 is 0. The lowest BCUT2D eigenvalue weighted by Gasteiger charge is -2.26. The molecule has 0 spiro atoms. The highest BCUT2D eigenvalue weighted by Crippen LogP contribution is 2.08. The average molecular weight is 262 g/mol. The summed E-state index contributed by atoms with van der Waals surface area (Å²) in [6.07, 6.45) is 6.32. The van der Waals surface area contributed by atoms with Crippen molar-refractivity contribution in [3.8, 4) is 0 Å². The lowest BCUT2D eigenvalue weighted by Crippen LogP contribution is -2.45. The van der Waals surface area contributed by atoms with E-state index in [1.807, 2.05) is 11.1 Å². The van der Waals surface area contributed by atoms with Crippen LogP contribution in [-0.4, -0.2) is 35.5 Å². The van der Waals surface area contributed by atoms with Crippen molar-refractivity contribution in [3.63, 3.8) is 0 Å². The van der Waals surface area contributed by atoms with Gasteiger partial charge in [0.1, 0.15) is 5.69 Å². The summed E-state index contributed by atoms with van der Waals surface area (Å²) in [7, 11) is 0. The molecule has 2 rings (SSSR count). The molecular formula is C14H22N4O. The van der Waals surface area contributed by atoms with Crippen LogP contribution in [0.15, 0.2) is 18.3 Å². The zero-order valence-corrected chi connectivity index (χ0v) is 11.5. The number of hydrogen-bond acceptors (Lipinski definition) is 4. The second-order valence-electron chi connectivity index (χ2n) is 4.85. The van der Waals surface area contributed by atoms with Crippen LogP contribution in [0.5, 0.6) is 0 Å². The Morgan fingerprint density at radius 1 is 1.32 bits per heavy atom. The summed E-state index contributed by atoms with van der Waals surface area (Å²) in [6.45, 7) is 4.89. The summed E-state index contributed by atoms with van der Waals surface area (Å²) in [6, 6.07) is 3.66. The van der Waals surface area contributed by atoms with Crippen LogP contribution in [0.3, 0.4) is 0 Å². The van der Waals surface area contributed by atoms with Gasteiger partial charge in [-0.3, -0.25) is 10.2 Å². The van der Waals surface area contributed by atoms with Crippen LogP contribution in [0, 0.1) is 0 Å². The fraction of sp³-hybridized carbons (Fsp3) is 0.571. The van der Waals surface area contributed by atoms with Crippen molar-refractivity contribution in [2.45, 2.75) is 32.6 Å². The lowest BCUT2D eigenvalue weighted by atomic mass is 10.2. The molecule has 1 aliphatic heterocycles. The van der Waals surface area contributed by atoms with Gasteiger partial charge in [0.15, 0.2) is 0 Å². The first kappa shape index (κ1) is 13.8. The van der Waals surface area contributed by atoms with Gasteiger partial charge < -0.3 is 5.32 Å². The van der Waals surface area contributed by atoms with Crippen molar-refractivity contribution in [2.75, 3.05) is 25.0 Å². The number of hydrogen-bond donors (Lipinski definition) is 2. The standard InChI is InChI=1S/C14H22N4O/c1-2-8-15-12-6-7-13(16-11-12)14(19)17-18-9-4-3-5-10-18/h6-7,11,15H,2-5,8-10H2,1H3,(H,17,19). The van der Waals surface area contributed by atoms with Crippen molar-refractivity contribution in [1.82, 2.24) is 15.4 Å². The molecule has 1 aromatic rings. The fourth-order valence-electron chi connectivity index (χ4n) is 2.11. The molecule has 2 N–H and O–H groups in total. The van der Waals surface area contributed by atoms with Crippen LogP contribution in [0.4, 0.5) is 5.69 Å². The Balaban J connectivity index is 1.87. The van der Waals surface area contributed by atoms with E-state index in [-0.39, 0.29) is 5.91 Å². The summed E-state index contributed by atoms with van der Waals surface area (Å²) in [5.74, 6) is -0.121. The minimum absolute atomic E-state index is 0.121. The fourth-order valence-corrected chi connectivity index (χ4v) is 2.11. The lowest BCUT2D eigenvalue weighted by molar-refractivity contribution is 0.0745. The maximum atomic E-state index is 12.0. The maximum Gasteiger partial charge on any atom is 0.284 e. The van der Waals surface area contributed by atoms with E-state index in [2.05, 4.69) is 22.7 Å². The van der Waals surface area contributed by atoms with E-state index in [9.17, 15) is 4.79 Å². The van der Waals surface area contributed by atoms with Gasteiger partial charge in [-0.2, -0.15) is 0 Å². The molecule has 0 unspecified atom stereocenters. The van der Waals surface area contributed by atoms with Crippen LogP contribution in [0.25, 0.3) is 0 Å². The number of hydrazine groups is 1. The van der Waals surface area contributed by atoms with E-state index in [1.165, 1.54) is 6.42 Å². The van der Waals surface area contributed by atoms with Crippen LogP contribution >= 0.6 is 0 Å². The molecular weight excluding hydrogens is 240 g/mol. The number of rotatable bonds is 5. The number of anilines is 1. The summed E-state index contributed by atoms with van der Waals surface area (Å²) >= 11 is 0. The topological polar surface area (TPSA) is 57.3 Å². The van der Waals surface area contributed by atoms with E-state index in [0.717, 1.165) is 44.6 Å². The molecule has 0 atom stereocenters. The van der Waals surface area contributed by atoms with Gasteiger partial charge in [-0.15, -0.1) is 0 Å². The predicted molar refractivity (Wildman–Crippen MR) is 75.9 cm³/mol. The number of carbonyl (C=O) groups excluding carboxylic acids is 1. The van der Waals surface area contributed by atoms with Crippen molar-refractivity contribution in [1.29, 1.82) is 0 Å². The first-order valence-electron chi connectivity index (χ1n) is 7.05. The van der Waals surface area contributed by atoms with Crippen molar-refractivity contribution >= 4 is 11.6 Å². The van der Waals surface area contributed by atoms with Gasteiger partial charge in [0.05, 0.1) is 11.9 Å². The molecule has 2 heterocycles. The van der Waals surface area contributed by atoms with Gasteiger partial charge in [-0.1, -0.05) is 13.3 Å². The van der Waals surface area contributed by atoms with E-state index in [1.54, 1.807) is 12.3 Å². The Morgan fingerprint density at radius 3 is 2.74 bits per heavy atom. The highest BCUT2D eigenvalue weighted by molar-refractivity contribution is 5.92. The Kier molecular flexibility index (Phi) is 5.15. The molecule has 1 saturated heterocycles. The second kappa shape index (κ2) is 7.09. The number of piperidine rings is 1. The monoisotopic (exact) mass is 262 g/mol. The Morgan fingerprint density at radius 2 is 2.11 bits per heavy atom. The van der Waals surface area contributed by atoms with Crippen molar-refractivity contribution in [2.24, 2.45) is 0 Å². The SMILES string of the molecule is CCCNc1ccc(C(=O)NN2CCCCC2)nc1. The smallest absolute Gasteiger partial charge is 0.284 e. The largest absolute Gasteiger partial charge is 0.384 e. The number of nitrogens with zero attached hydrogens (tertiary/aromatic N) is 2. The second-order valence-corrected chi connectivity index (χ2v) is 4.85. The molecule has 0 bridgehead atoms. The Hall–Kier alpha value is -1.62. The molecule has 19 heavy (non-hydrogen) atoms. The summed E-state index contributed by atoms with van der Waals surface area (Å²) in [4.78, 5) is 16.2. The maximum absolute atomic E-state index is 12.0. The third-order valence-electron chi connectivity index (χ3n) is 3.19. The Labute approximate surface area is 114 Å². The first-order chi connectivity index (χ1) is 9.29. The van der Waals surface area contributed by atoms with E-state index < -0.39 is 0 Å². The normalized spacial score (nSPS) is 16.1. The number of amides is 1. The van der Waals surface area contributed by atoms with Crippen LogP contribution in [0.1, 0.15) is 43.1 Å². The van der Waals surface area contributed by atoms with E-state index in [4.69, 9.17) is 0 Å². The average Bonchev–Trinajstić information content (AvgIpc) is 2.46. The van der Waals surface area contributed by atoms with Crippen molar-refractivity contribution in [3.05, 3.63) is 24.0 Å². The zero-order chi connectivity index (χ0) is 13.5. The highest BCUT2D eigenvalue weighted by atomic mass is 16.2. The molecule has 0 saturated carbocycles. The van der Waals surface area contributed by atoms with Gasteiger partial charge in [-0.25, -0.2) is 9.99 Å². The Bertz CT molecular complexity index is 398. The first-order valence-corrected chi connectivity index (χ1v) is 7.05. The molecule has 104 valence electrons. The van der Waals surface area contributed by atoms with Gasteiger partial charge in [0.25, 0.3) is 5.91 Å². The van der Waals surface area contributed by atoms with Gasteiger partial charge in [0.2, 0.25) is 0 Å². The van der Waals surface area contributed by atoms with E-state index in [0.29, 0.717) is 5.69 Å². The van der Waals surface area contributed by atoms with Crippen molar-refractivity contribution < 1.29 is 4.79 Å². The minimum atomic E-state index is -0.121. The molecule has 0 aliphatic carbocycles. The molecule has 5 heteroatoms. The predicted octanol–water partition coefficient (Wildman–Crippen LogP) is 2.03. The number of carbonyl (C=O) groups is 1. The molecule has 5 nitrogen and oxygen atoms in total. The van der Waals surface area contributed by atoms with Crippen LogP contribution < -0.4 is 10.7 Å². The molecule has 1 aliphatic rings. The highest BCUT2D eigenvalue weighted by Gasteiger charge is 2.14. The molecule has 0 aromatic carbocycles. The molecule has 1 amide bonds. The molecule has 1 aromatic heterocycles. The quantitative estimate of drug-likeness (QED) is 0.852. The van der Waals surface area contributed by atoms with Gasteiger partial charge >= 0.3 is 0 Å². The van der Waals surface area contributed by atoms with Crippen LogP contribution in [0.2, 0.25) is 0 Å². The number of nitrogens with one attached hydrogen (secondary N) is 2. The van der Waals surface area contributed by atoms with Gasteiger partial charge in [-0.05, 0) is 31.4 Å². The van der Waals surface area contributed by atoms with Crippen LogP contribution in [-0.2, 0) is 0 Å². The summed E-state index contributed by atoms with van der Waals surface area (Å²) in [5.41, 5.74) is 4.33. The number of pyridine rings is 1. The van der Waals surface area contributed by atoms with Gasteiger partial charge in [0, 0.05) is 19.6 Å².